The Morgan fingerprint density at radius 3 is 2.76 bits per heavy atom. The van der Waals surface area contributed by atoms with Gasteiger partial charge < -0.3 is 19.9 Å². The summed E-state index contributed by atoms with van der Waals surface area (Å²) in [4.78, 5) is 9.58. The first-order valence-electron chi connectivity index (χ1n) is 12.5. The molecule has 33 heavy (non-hydrogen) atoms. The molecule has 1 aromatic carbocycles. The molecule has 2 fully saturated rings. The van der Waals surface area contributed by atoms with E-state index in [1.807, 2.05) is 6.20 Å². The fraction of sp³-hybridized carbons (Fsp3) is 0.481. The highest BCUT2D eigenvalue weighted by Crippen LogP contribution is 2.48. The van der Waals surface area contributed by atoms with Gasteiger partial charge in [0.1, 0.15) is 17.7 Å². The van der Waals surface area contributed by atoms with Crippen LogP contribution in [0.1, 0.15) is 66.8 Å². The second kappa shape index (κ2) is 7.59. The van der Waals surface area contributed by atoms with Crippen LogP contribution in [0, 0.1) is 5.41 Å². The van der Waals surface area contributed by atoms with Crippen LogP contribution in [0.2, 0.25) is 0 Å². The van der Waals surface area contributed by atoms with Crippen LogP contribution in [-0.4, -0.2) is 33.7 Å². The zero-order chi connectivity index (χ0) is 21.8. The first kappa shape index (κ1) is 19.6. The number of rotatable bonds is 4. The van der Waals surface area contributed by atoms with Gasteiger partial charge in [0.05, 0.1) is 17.8 Å². The SMILES string of the molecule is c1ccc([C@H]2CCc3nc4c(n32)NC(c2ccnc(OC3CCC35CCNC5)c2)CC4)cc1. The van der Waals surface area contributed by atoms with Gasteiger partial charge in [0, 0.05) is 30.6 Å². The van der Waals surface area contributed by atoms with Crippen LogP contribution in [0.4, 0.5) is 5.82 Å². The Hall–Kier alpha value is -2.86. The van der Waals surface area contributed by atoms with E-state index in [0.29, 0.717) is 17.6 Å². The van der Waals surface area contributed by atoms with E-state index in [0.717, 1.165) is 51.1 Å². The number of nitrogens with one attached hydrogen (secondary N) is 2. The van der Waals surface area contributed by atoms with Crippen molar-refractivity contribution in [2.75, 3.05) is 18.4 Å². The van der Waals surface area contributed by atoms with Gasteiger partial charge in [0.25, 0.3) is 0 Å². The van der Waals surface area contributed by atoms with E-state index >= 15 is 0 Å². The summed E-state index contributed by atoms with van der Waals surface area (Å²) < 4.78 is 8.89. The number of imidazole rings is 1. The zero-order valence-electron chi connectivity index (χ0n) is 19.0. The zero-order valence-corrected chi connectivity index (χ0v) is 19.0. The van der Waals surface area contributed by atoms with Crippen molar-refractivity contribution in [3.8, 4) is 5.88 Å². The molecule has 0 amide bonds. The van der Waals surface area contributed by atoms with E-state index in [1.54, 1.807) is 0 Å². The predicted molar refractivity (Wildman–Crippen MR) is 128 cm³/mol. The number of hydrogen-bond acceptors (Lipinski definition) is 5. The molecule has 0 radical (unpaired) electrons. The van der Waals surface area contributed by atoms with Crippen molar-refractivity contribution in [1.82, 2.24) is 19.9 Å². The van der Waals surface area contributed by atoms with Crippen LogP contribution in [0.25, 0.3) is 0 Å². The van der Waals surface area contributed by atoms with Gasteiger partial charge in [-0.05, 0) is 62.3 Å². The maximum atomic E-state index is 6.43. The summed E-state index contributed by atoms with van der Waals surface area (Å²) >= 11 is 0. The molecule has 1 saturated heterocycles. The van der Waals surface area contributed by atoms with E-state index in [2.05, 4.69) is 62.6 Å². The standard InChI is InChI=1S/C27H31N5O/c1-2-4-18(5-3-1)22-8-9-24-30-21-7-6-20(31-26(21)32(22)24)19-11-14-29-25(16-19)33-23-10-12-27(23)13-15-28-17-27/h1-5,11,14,16,20,22-23,28,31H,6-10,12-13,15,17H2/t20?,22-,23?,27?/m1/s1. The first-order chi connectivity index (χ1) is 16.3. The molecule has 170 valence electrons. The molecule has 2 N–H and O–H groups in total. The molecule has 4 atom stereocenters. The van der Waals surface area contributed by atoms with E-state index in [4.69, 9.17) is 9.72 Å². The highest BCUT2D eigenvalue weighted by atomic mass is 16.5. The third-order valence-corrected chi connectivity index (χ3v) is 8.46. The number of hydrogen-bond donors (Lipinski definition) is 2. The van der Waals surface area contributed by atoms with Gasteiger partial charge in [-0.1, -0.05) is 30.3 Å². The molecule has 1 saturated carbocycles. The van der Waals surface area contributed by atoms with Crippen LogP contribution in [-0.2, 0) is 12.8 Å². The fourth-order valence-corrected chi connectivity index (χ4v) is 6.48. The third kappa shape index (κ3) is 3.18. The number of fused-ring (bicyclic) bond motifs is 3. The van der Waals surface area contributed by atoms with E-state index in [-0.39, 0.29) is 6.04 Å². The lowest BCUT2D eigenvalue weighted by atomic mass is 9.65. The van der Waals surface area contributed by atoms with Crippen LogP contribution in [0.15, 0.2) is 48.7 Å². The Morgan fingerprint density at radius 2 is 1.94 bits per heavy atom. The van der Waals surface area contributed by atoms with E-state index in [9.17, 15) is 0 Å². The summed E-state index contributed by atoms with van der Waals surface area (Å²) in [6, 6.07) is 15.8. The number of aromatic nitrogens is 3. The molecule has 1 spiro atoms. The van der Waals surface area contributed by atoms with Crippen molar-refractivity contribution in [2.24, 2.45) is 5.41 Å². The number of nitrogens with zero attached hydrogens (tertiary/aromatic N) is 3. The maximum absolute atomic E-state index is 6.43. The molecule has 0 bridgehead atoms. The first-order valence-corrected chi connectivity index (χ1v) is 12.5. The largest absolute Gasteiger partial charge is 0.474 e. The third-order valence-electron chi connectivity index (χ3n) is 8.46. The molecule has 3 aromatic rings. The average Bonchev–Trinajstić information content (AvgIpc) is 3.59. The molecule has 1 aliphatic carbocycles. The van der Waals surface area contributed by atoms with E-state index < -0.39 is 0 Å². The summed E-state index contributed by atoms with van der Waals surface area (Å²) in [6.07, 6.45) is 10.1. The highest BCUT2D eigenvalue weighted by Gasteiger charge is 2.50. The average molecular weight is 442 g/mol. The van der Waals surface area contributed by atoms with Gasteiger partial charge in [-0.2, -0.15) is 0 Å². The molecule has 5 heterocycles. The van der Waals surface area contributed by atoms with Gasteiger partial charge >= 0.3 is 0 Å². The number of pyridine rings is 1. The summed E-state index contributed by atoms with van der Waals surface area (Å²) in [5.74, 6) is 3.21. The van der Waals surface area contributed by atoms with Gasteiger partial charge in [-0.15, -0.1) is 0 Å². The lowest BCUT2D eigenvalue weighted by molar-refractivity contribution is -0.0337. The summed E-state index contributed by atoms with van der Waals surface area (Å²) in [5.41, 5.74) is 4.18. The molecule has 7 rings (SSSR count). The molecular weight excluding hydrogens is 410 g/mol. The molecule has 6 nitrogen and oxygen atoms in total. The maximum Gasteiger partial charge on any atom is 0.213 e. The fourth-order valence-electron chi connectivity index (χ4n) is 6.48. The monoisotopic (exact) mass is 441 g/mol. The van der Waals surface area contributed by atoms with Crippen molar-refractivity contribution >= 4 is 5.82 Å². The second-order valence-corrected chi connectivity index (χ2v) is 10.3. The van der Waals surface area contributed by atoms with Crippen molar-refractivity contribution in [3.05, 3.63) is 71.3 Å². The molecular formula is C27H31N5O. The molecule has 2 aromatic heterocycles. The molecule has 3 unspecified atom stereocenters. The quantitative estimate of drug-likeness (QED) is 0.627. The normalized spacial score (nSPS) is 29.9. The predicted octanol–water partition coefficient (Wildman–Crippen LogP) is 4.43. The van der Waals surface area contributed by atoms with Crippen molar-refractivity contribution in [3.63, 3.8) is 0 Å². The Kier molecular flexibility index (Phi) is 4.51. The molecule has 6 heteroatoms. The van der Waals surface area contributed by atoms with E-state index in [1.165, 1.54) is 41.3 Å². The van der Waals surface area contributed by atoms with Crippen molar-refractivity contribution in [1.29, 1.82) is 0 Å². The number of ether oxygens (including phenoxy) is 1. The Balaban J connectivity index is 1.13. The van der Waals surface area contributed by atoms with Crippen LogP contribution in [0.3, 0.4) is 0 Å². The van der Waals surface area contributed by atoms with Crippen molar-refractivity contribution < 1.29 is 4.74 Å². The Bertz CT molecular complexity index is 1170. The Labute approximate surface area is 194 Å². The summed E-state index contributed by atoms with van der Waals surface area (Å²) in [5, 5.41) is 7.38. The van der Waals surface area contributed by atoms with Gasteiger partial charge in [-0.25, -0.2) is 9.97 Å². The van der Waals surface area contributed by atoms with Gasteiger partial charge in [-0.3, -0.25) is 0 Å². The van der Waals surface area contributed by atoms with Gasteiger partial charge in [0.2, 0.25) is 5.88 Å². The molecule has 3 aliphatic heterocycles. The minimum Gasteiger partial charge on any atom is -0.474 e. The lowest BCUT2D eigenvalue weighted by Crippen LogP contribution is -2.49. The number of aryl methyl sites for hydroxylation is 2. The topological polar surface area (TPSA) is 64.0 Å². The molecule has 4 aliphatic rings. The van der Waals surface area contributed by atoms with Gasteiger partial charge in [0.15, 0.2) is 0 Å². The second-order valence-electron chi connectivity index (χ2n) is 10.3. The smallest absolute Gasteiger partial charge is 0.213 e. The Morgan fingerprint density at radius 1 is 1.00 bits per heavy atom. The number of anilines is 1. The van der Waals surface area contributed by atoms with Crippen LogP contribution >= 0.6 is 0 Å². The summed E-state index contributed by atoms with van der Waals surface area (Å²) in [6.45, 7) is 2.19. The lowest BCUT2D eigenvalue weighted by Gasteiger charge is -2.45. The highest BCUT2D eigenvalue weighted by molar-refractivity contribution is 5.51. The van der Waals surface area contributed by atoms with Crippen LogP contribution in [0.5, 0.6) is 5.88 Å². The van der Waals surface area contributed by atoms with Crippen molar-refractivity contribution in [2.45, 2.75) is 63.1 Å². The van der Waals surface area contributed by atoms with Crippen LogP contribution < -0.4 is 15.4 Å². The number of benzene rings is 1. The summed E-state index contributed by atoms with van der Waals surface area (Å²) in [7, 11) is 0. The minimum absolute atomic E-state index is 0.254. The minimum atomic E-state index is 0.254.